The van der Waals surface area contributed by atoms with Crippen LogP contribution in [0.5, 0.6) is 0 Å². The van der Waals surface area contributed by atoms with Crippen molar-refractivity contribution in [3.63, 3.8) is 0 Å². The van der Waals surface area contributed by atoms with Crippen molar-refractivity contribution in [3.05, 3.63) is 87.6 Å². The Balaban J connectivity index is 1.39. The first kappa shape index (κ1) is 23.3. The molecular formula is C25H26N6O2S. The molecule has 2 aromatic carbocycles. The monoisotopic (exact) mass is 474 g/mol. The number of aryl methyl sites for hydroxylation is 1. The molecule has 7 N–H and O–H groups in total. The van der Waals surface area contributed by atoms with Gasteiger partial charge in [-0.15, -0.1) is 11.3 Å². The van der Waals surface area contributed by atoms with Gasteiger partial charge in [0.1, 0.15) is 0 Å². The summed E-state index contributed by atoms with van der Waals surface area (Å²) in [4.78, 5) is 31.1. The number of benzene rings is 2. The molecule has 4 rings (SSSR count). The van der Waals surface area contributed by atoms with E-state index in [0.29, 0.717) is 27.4 Å². The largest absolute Gasteiger partial charge is 0.404 e. The lowest BCUT2D eigenvalue weighted by molar-refractivity contribution is 0.0950. The van der Waals surface area contributed by atoms with Crippen LogP contribution in [0.1, 0.15) is 48.8 Å². The van der Waals surface area contributed by atoms with Crippen LogP contribution in [0.2, 0.25) is 0 Å². The third-order valence-electron chi connectivity index (χ3n) is 5.63. The van der Waals surface area contributed by atoms with E-state index in [1.165, 1.54) is 17.5 Å². The van der Waals surface area contributed by atoms with Crippen LogP contribution >= 0.6 is 11.3 Å². The normalized spacial score (nSPS) is 15.3. The van der Waals surface area contributed by atoms with Gasteiger partial charge in [-0.3, -0.25) is 14.9 Å². The van der Waals surface area contributed by atoms with Crippen molar-refractivity contribution in [2.24, 2.45) is 11.5 Å². The number of hydrogen-bond acceptors (Lipinski definition) is 7. The van der Waals surface area contributed by atoms with Crippen molar-refractivity contribution < 1.29 is 9.59 Å². The first-order chi connectivity index (χ1) is 16.5. The highest BCUT2D eigenvalue weighted by Gasteiger charge is 2.21. The van der Waals surface area contributed by atoms with E-state index in [1.54, 1.807) is 42.5 Å². The van der Waals surface area contributed by atoms with Crippen LogP contribution in [0.15, 0.2) is 54.7 Å². The Morgan fingerprint density at radius 1 is 1.12 bits per heavy atom. The Kier molecular flexibility index (Phi) is 7.15. The number of amides is 2. The smallest absolute Gasteiger partial charge is 0.257 e. The third-order valence-corrected chi connectivity index (χ3v) is 6.67. The van der Waals surface area contributed by atoms with Crippen LogP contribution in [0.25, 0.3) is 5.57 Å². The number of nitrogens with zero attached hydrogens (tertiary/aromatic N) is 1. The predicted molar refractivity (Wildman–Crippen MR) is 135 cm³/mol. The Bertz CT molecular complexity index is 1270. The van der Waals surface area contributed by atoms with Crippen LogP contribution in [0, 0.1) is 5.41 Å². The Labute approximate surface area is 201 Å². The maximum atomic E-state index is 12.8. The highest BCUT2D eigenvalue weighted by Crippen LogP contribution is 2.29. The summed E-state index contributed by atoms with van der Waals surface area (Å²) >= 11 is 1.48. The lowest BCUT2D eigenvalue weighted by Gasteiger charge is -2.15. The molecule has 0 radical (unpaired) electrons. The van der Waals surface area contributed by atoms with Crippen LogP contribution in [0.4, 0.5) is 5.13 Å². The van der Waals surface area contributed by atoms with E-state index in [9.17, 15) is 9.59 Å². The topological polar surface area (TPSA) is 147 Å². The number of nitrogens with one attached hydrogen (secondary N) is 3. The highest BCUT2D eigenvalue weighted by molar-refractivity contribution is 7.15. The van der Waals surface area contributed by atoms with Gasteiger partial charge < -0.3 is 22.2 Å². The number of carbonyl (C=O) groups is 2. The van der Waals surface area contributed by atoms with Crippen molar-refractivity contribution in [1.29, 1.82) is 5.41 Å². The van der Waals surface area contributed by atoms with Crippen molar-refractivity contribution in [1.82, 2.24) is 10.3 Å². The molecule has 1 heterocycles. The standard InChI is InChI=1S/C25H26N6O2S/c26-12-19(13-27)16-4-2-6-18(10-16)23(32)29-14-15-3-1-5-17(9-15)24(33)31-25-30-21-8-7-20(28)11-22(21)34-25/h1-6,9-10,12-13,20,26H,7-8,11,14,27-28H2,(H,29,32)(H,30,31,33)/t20-/m0/s1. The molecule has 1 aliphatic rings. The fourth-order valence-corrected chi connectivity index (χ4v) is 4.89. The number of carbonyl (C=O) groups excluding carboxylic acids is 2. The summed E-state index contributed by atoms with van der Waals surface area (Å²) in [5.41, 5.74) is 15.6. The van der Waals surface area contributed by atoms with Crippen molar-refractivity contribution in [2.45, 2.75) is 31.8 Å². The molecule has 2 amide bonds. The summed E-state index contributed by atoms with van der Waals surface area (Å²) in [7, 11) is 0. The Morgan fingerprint density at radius 3 is 2.62 bits per heavy atom. The number of hydrogen-bond donors (Lipinski definition) is 5. The molecule has 9 heteroatoms. The zero-order chi connectivity index (χ0) is 24.1. The van der Waals surface area contributed by atoms with E-state index in [1.807, 2.05) is 6.07 Å². The van der Waals surface area contributed by atoms with Crippen LogP contribution in [-0.2, 0) is 19.4 Å². The van der Waals surface area contributed by atoms with Crippen molar-refractivity contribution in [2.75, 3.05) is 5.32 Å². The maximum Gasteiger partial charge on any atom is 0.257 e. The van der Waals surface area contributed by atoms with Gasteiger partial charge in [-0.2, -0.15) is 0 Å². The first-order valence-corrected chi connectivity index (χ1v) is 11.7. The SMILES string of the molecule is N=CC(=CN)c1cccc(C(=O)NCc2cccc(C(=O)Nc3nc4c(s3)C[C@@H](N)CC4)c2)c1. The number of anilines is 1. The zero-order valence-corrected chi connectivity index (χ0v) is 19.3. The predicted octanol–water partition coefficient (Wildman–Crippen LogP) is 3.09. The number of fused-ring (bicyclic) bond motifs is 1. The van der Waals surface area contributed by atoms with E-state index in [2.05, 4.69) is 15.6 Å². The molecule has 0 saturated carbocycles. The first-order valence-electron chi connectivity index (χ1n) is 10.9. The Morgan fingerprint density at radius 2 is 1.85 bits per heavy atom. The van der Waals surface area contributed by atoms with Gasteiger partial charge in [0.25, 0.3) is 11.8 Å². The molecule has 8 nitrogen and oxygen atoms in total. The van der Waals surface area contributed by atoms with Crippen molar-refractivity contribution in [3.8, 4) is 0 Å². The number of allylic oxidation sites excluding steroid dienone is 1. The number of aromatic nitrogens is 1. The van der Waals surface area contributed by atoms with Crippen LogP contribution in [-0.4, -0.2) is 29.1 Å². The second-order valence-electron chi connectivity index (χ2n) is 8.08. The third kappa shape index (κ3) is 5.38. The molecule has 1 atom stereocenters. The van der Waals surface area contributed by atoms with Crippen LogP contribution < -0.4 is 22.1 Å². The van der Waals surface area contributed by atoms with Crippen LogP contribution in [0.3, 0.4) is 0 Å². The van der Waals surface area contributed by atoms with Crippen molar-refractivity contribution >= 4 is 40.1 Å². The lowest BCUT2D eigenvalue weighted by Crippen LogP contribution is -2.27. The fourth-order valence-electron chi connectivity index (χ4n) is 3.80. The summed E-state index contributed by atoms with van der Waals surface area (Å²) in [5.74, 6) is -0.506. The summed E-state index contributed by atoms with van der Waals surface area (Å²) in [5, 5.41) is 13.8. The van der Waals surface area contributed by atoms with Gasteiger partial charge in [-0.05, 0) is 54.7 Å². The summed E-state index contributed by atoms with van der Waals surface area (Å²) in [6.07, 6.45) is 5.02. The average molecular weight is 475 g/mol. The fraction of sp³-hybridized carbons (Fsp3) is 0.200. The Hall–Kier alpha value is -3.82. The molecule has 0 aliphatic heterocycles. The highest BCUT2D eigenvalue weighted by atomic mass is 32.1. The van der Waals surface area contributed by atoms with E-state index in [-0.39, 0.29) is 24.4 Å². The quantitative estimate of drug-likeness (QED) is 0.334. The molecule has 1 aromatic heterocycles. The minimum atomic E-state index is -0.260. The summed E-state index contributed by atoms with van der Waals surface area (Å²) in [6, 6.07) is 14.2. The average Bonchev–Trinajstić information content (AvgIpc) is 3.25. The molecule has 0 bridgehead atoms. The zero-order valence-electron chi connectivity index (χ0n) is 18.5. The molecule has 1 aliphatic carbocycles. The van der Waals surface area contributed by atoms with E-state index in [4.69, 9.17) is 16.9 Å². The van der Waals surface area contributed by atoms with Gasteiger partial charge >= 0.3 is 0 Å². The molecule has 0 unspecified atom stereocenters. The van der Waals surface area contributed by atoms with Gasteiger partial charge in [0.05, 0.1) is 5.69 Å². The number of rotatable bonds is 7. The summed E-state index contributed by atoms with van der Waals surface area (Å²) < 4.78 is 0. The van der Waals surface area contributed by atoms with Gasteiger partial charge in [0.2, 0.25) is 0 Å². The molecule has 0 saturated heterocycles. The minimum Gasteiger partial charge on any atom is -0.404 e. The van der Waals surface area contributed by atoms with E-state index < -0.39 is 0 Å². The minimum absolute atomic E-state index is 0.154. The van der Waals surface area contributed by atoms with E-state index >= 15 is 0 Å². The second kappa shape index (κ2) is 10.4. The second-order valence-corrected chi connectivity index (χ2v) is 9.16. The molecule has 34 heavy (non-hydrogen) atoms. The molecule has 3 aromatic rings. The lowest BCUT2D eigenvalue weighted by atomic mass is 9.99. The maximum absolute atomic E-state index is 12.8. The number of nitrogens with two attached hydrogens (primary N) is 2. The molecule has 0 spiro atoms. The number of thiazole rings is 1. The van der Waals surface area contributed by atoms with Gasteiger partial charge in [0, 0.05) is 46.6 Å². The van der Waals surface area contributed by atoms with Gasteiger partial charge in [-0.25, -0.2) is 4.98 Å². The summed E-state index contributed by atoms with van der Waals surface area (Å²) in [6.45, 7) is 0.262. The molecular weight excluding hydrogens is 448 g/mol. The van der Waals surface area contributed by atoms with Gasteiger partial charge in [-0.1, -0.05) is 24.3 Å². The van der Waals surface area contributed by atoms with E-state index in [0.717, 1.165) is 41.6 Å². The molecule has 0 fully saturated rings. The van der Waals surface area contributed by atoms with Gasteiger partial charge in [0.15, 0.2) is 5.13 Å². The molecule has 174 valence electrons.